The highest BCUT2D eigenvalue weighted by Gasteiger charge is 2.28. The Morgan fingerprint density at radius 3 is 2.46 bits per heavy atom. The van der Waals surface area contributed by atoms with Crippen molar-refractivity contribution in [2.75, 3.05) is 18.4 Å². The first-order valence-corrected chi connectivity index (χ1v) is 9.79. The summed E-state index contributed by atoms with van der Waals surface area (Å²) in [7, 11) is -3.58. The van der Waals surface area contributed by atoms with Crippen LogP contribution in [0.3, 0.4) is 0 Å². The van der Waals surface area contributed by atoms with Crippen LogP contribution >= 0.6 is 0 Å². The number of carbonyl (C=O) groups is 1. The van der Waals surface area contributed by atoms with Crippen LogP contribution in [-0.4, -0.2) is 36.8 Å². The number of nitrogens with zero attached hydrogens (tertiary/aromatic N) is 1. The number of phenols is 1. The molecule has 0 saturated carbocycles. The number of anilines is 1. The number of sulfonamides is 1. The third-order valence-electron chi connectivity index (χ3n) is 4.59. The van der Waals surface area contributed by atoms with Gasteiger partial charge in [-0.2, -0.15) is 4.31 Å². The molecule has 0 aromatic heterocycles. The Morgan fingerprint density at radius 2 is 1.88 bits per heavy atom. The number of rotatable bonds is 6. The molecule has 0 bridgehead atoms. The Balaban J connectivity index is 2.18. The molecule has 1 aromatic carbocycles. The van der Waals surface area contributed by atoms with Crippen LogP contribution < -0.4 is 5.32 Å². The van der Waals surface area contributed by atoms with E-state index in [1.165, 1.54) is 22.5 Å². The molecule has 2 rings (SSSR count). The molecule has 1 aliphatic heterocycles. The number of aromatic hydroxyl groups is 1. The third kappa shape index (κ3) is 4.27. The number of hydrogen-bond acceptors (Lipinski definition) is 4. The minimum Gasteiger partial charge on any atom is -0.506 e. The maximum absolute atomic E-state index is 12.6. The Morgan fingerprint density at radius 1 is 1.25 bits per heavy atom. The van der Waals surface area contributed by atoms with Crippen LogP contribution in [-0.2, 0) is 14.8 Å². The van der Waals surface area contributed by atoms with Crippen LogP contribution in [0.5, 0.6) is 5.75 Å². The highest BCUT2D eigenvalue weighted by molar-refractivity contribution is 7.89. The number of amides is 1. The third-order valence-corrected chi connectivity index (χ3v) is 6.48. The Kier molecular flexibility index (Phi) is 5.87. The van der Waals surface area contributed by atoms with Gasteiger partial charge in [0.25, 0.3) is 0 Å². The van der Waals surface area contributed by atoms with E-state index in [0.29, 0.717) is 25.4 Å². The molecule has 1 heterocycles. The molecule has 0 aliphatic carbocycles. The second-order valence-electron chi connectivity index (χ2n) is 6.76. The largest absolute Gasteiger partial charge is 0.506 e. The summed E-state index contributed by atoms with van der Waals surface area (Å²) < 4.78 is 26.6. The van der Waals surface area contributed by atoms with E-state index >= 15 is 0 Å². The van der Waals surface area contributed by atoms with Crippen LogP contribution in [0.2, 0.25) is 0 Å². The molecule has 6 nitrogen and oxygen atoms in total. The molecule has 7 heteroatoms. The summed E-state index contributed by atoms with van der Waals surface area (Å²) >= 11 is 0. The van der Waals surface area contributed by atoms with Crippen molar-refractivity contribution in [3.05, 3.63) is 18.2 Å². The Labute approximate surface area is 143 Å². The van der Waals surface area contributed by atoms with Crippen molar-refractivity contribution in [3.8, 4) is 5.75 Å². The van der Waals surface area contributed by atoms with E-state index in [1.807, 2.05) is 20.8 Å². The summed E-state index contributed by atoms with van der Waals surface area (Å²) in [4.78, 5) is 12.2. The molecule has 1 aromatic rings. The molecule has 1 amide bonds. The maximum atomic E-state index is 12.6. The van der Waals surface area contributed by atoms with Gasteiger partial charge in [0.2, 0.25) is 15.9 Å². The molecule has 1 unspecified atom stereocenters. The molecule has 134 valence electrons. The quantitative estimate of drug-likeness (QED) is 0.769. The molecule has 1 atom stereocenters. The van der Waals surface area contributed by atoms with Gasteiger partial charge in [-0.15, -0.1) is 0 Å². The predicted molar refractivity (Wildman–Crippen MR) is 93.3 cm³/mol. The van der Waals surface area contributed by atoms with E-state index in [2.05, 4.69) is 5.32 Å². The zero-order valence-electron chi connectivity index (χ0n) is 14.4. The van der Waals surface area contributed by atoms with Gasteiger partial charge in [0.1, 0.15) is 5.75 Å². The standard InChI is InChI=1S/C17H26N2O4S/c1-12(2)13(3)10-17(21)18-15-11-14(6-7-16(15)20)24(22,23)19-8-4-5-9-19/h6-7,11-13,20H,4-5,8-10H2,1-3H3,(H,18,21). The number of carbonyl (C=O) groups excluding carboxylic acids is 1. The fourth-order valence-electron chi connectivity index (χ4n) is 2.58. The van der Waals surface area contributed by atoms with Crippen molar-refractivity contribution >= 4 is 21.6 Å². The smallest absolute Gasteiger partial charge is 0.243 e. The van der Waals surface area contributed by atoms with Crippen LogP contribution in [0.15, 0.2) is 23.1 Å². The van der Waals surface area contributed by atoms with E-state index in [1.54, 1.807) is 0 Å². The molecule has 1 saturated heterocycles. The van der Waals surface area contributed by atoms with Crippen molar-refractivity contribution < 1.29 is 18.3 Å². The normalized spacial score (nSPS) is 17.2. The summed E-state index contributed by atoms with van der Waals surface area (Å²) in [6.45, 7) is 7.09. The second kappa shape index (κ2) is 7.53. The van der Waals surface area contributed by atoms with E-state index < -0.39 is 10.0 Å². The molecule has 2 N–H and O–H groups in total. The van der Waals surface area contributed by atoms with Crippen molar-refractivity contribution in [2.24, 2.45) is 11.8 Å². The van der Waals surface area contributed by atoms with Gasteiger partial charge in [0.15, 0.2) is 0 Å². The lowest BCUT2D eigenvalue weighted by Gasteiger charge is -2.18. The first-order valence-electron chi connectivity index (χ1n) is 8.35. The summed E-state index contributed by atoms with van der Waals surface area (Å²) in [6.07, 6.45) is 2.03. The Hall–Kier alpha value is -1.60. The number of benzene rings is 1. The molecule has 0 spiro atoms. The summed E-state index contributed by atoms with van der Waals surface area (Å²) in [5, 5.41) is 12.6. The van der Waals surface area contributed by atoms with E-state index in [-0.39, 0.29) is 28.2 Å². The molecular formula is C17H26N2O4S. The number of nitrogens with one attached hydrogen (secondary N) is 1. The molecule has 1 fully saturated rings. The molecule has 0 radical (unpaired) electrons. The van der Waals surface area contributed by atoms with Crippen LogP contribution in [0.1, 0.15) is 40.0 Å². The molecule has 24 heavy (non-hydrogen) atoms. The zero-order valence-corrected chi connectivity index (χ0v) is 15.3. The number of phenolic OH excluding ortho intramolecular Hbond substituents is 1. The van der Waals surface area contributed by atoms with Crippen molar-refractivity contribution in [3.63, 3.8) is 0 Å². The SMILES string of the molecule is CC(C)C(C)CC(=O)Nc1cc(S(=O)(=O)N2CCCC2)ccc1O. The maximum Gasteiger partial charge on any atom is 0.243 e. The van der Waals surface area contributed by atoms with Crippen LogP contribution in [0.4, 0.5) is 5.69 Å². The highest BCUT2D eigenvalue weighted by Crippen LogP contribution is 2.29. The topological polar surface area (TPSA) is 86.7 Å². The van der Waals surface area contributed by atoms with Crippen LogP contribution in [0, 0.1) is 11.8 Å². The lowest BCUT2D eigenvalue weighted by atomic mass is 9.94. The van der Waals surface area contributed by atoms with E-state index in [4.69, 9.17) is 0 Å². The average molecular weight is 354 g/mol. The monoisotopic (exact) mass is 354 g/mol. The Bertz CT molecular complexity index is 695. The highest BCUT2D eigenvalue weighted by atomic mass is 32.2. The lowest BCUT2D eigenvalue weighted by Crippen LogP contribution is -2.28. The lowest BCUT2D eigenvalue weighted by molar-refractivity contribution is -0.117. The molecule has 1 aliphatic rings. The summed E-state index contributed by atoms with van der Waals surface area (Å²) in [5.74, 6) is 0.193. The van der Waals surface area contributed by atoms with Gasteiger partial charge in [0, 0.05) is 19.5 Å². The van der Waals surface area contributed by atoms with Gasteiger partial charge in [-0.25, -0.2) is 8.42 Å². The van der Waals surface area contributed by atoms with Gasteiger partial charge < -0.3 is 10.4 Å². The predicted octanol–water partition coefficient (Wildman–Crippen LogP) is 2.80. The van der Waals surface area contributed by atoms with Gasteiger partial charge in [-0.1, -0.05) is 20.8 Å². The fraction of sp³-hybridized carbons (Fsp3) is 0.588. The van der Waals surface area contributed by atoms with E-state index in [0.717, 1.165) is 12.8 Å². The van der Waals surface area contributed by atoms with Crippen molar-refractivity contribution in [2.45, 2.75) is 44.9 Å². The average Bonchev–Trinajstić information content (AvgIpc) is 3.04. The fourth-order valence-corrected chi connectivity index (χ4v) is 4.13. The summed E-state index contributed by atoms with van der Waals surface area (Å²) in [6, 6.07) is 4.01. The first kappa shape index (κ1) is 18.7. The van der Waals surface area contributed by atoms with Gasteiger partial charge >= 0.3 is 0 Å². The minimum atomic E-state index is -3.58. The zero-order chi connectivity index (χ0) is 17.9. The van der Waals surface area contributed by atoms with Gasteiger partial charge in [0.05, 0.1) is 10.6 Å². The minimum absolute atomic E-state index is 0.0920. The van der Waals surface area contributed by atoms with Crippen molar-refractivity contribution in [1.29, 1.82) is 0 Å². The van der Waals surface area contributed by atoms with Crippen LogP contribution in [0.25, 0.3) is 0 Å². The van der Waals surface area contributed by atoms with Gasteiger partial charge in [-0.3, -0.25) is 4.79 Å². The number of hydrogen-bond donors (Lipinski definition) is 2. The van der Waals surface area contributed by atoms with Crippen molar-refractivity contribution in [1.82, 2.24) is 4.31 Å². The second-order valence-corrected chi connectivity index (χ2v) is 8.70. The van der Waals surface area contributed by atoms with Gasteiger partial charge in [-0.05, 0) is 42.9 Å². The molecular weight excluding hydrogens is 328 g/mol. The summed E-state index contributed by atoms with van der Waals surface area (Å²) in [5.41, 5.74) is 0.135. The van der Waals surface area contributed by atoms with E-state index in [9.17, 15) is 18.3 Å². The first-order chi connectivity index (χ1) is 11.2.